The number of aryl methyl sites for hydroxylation is 1. The van der Waals surface area contributed by atoms with Crippen LogP contribution >= 0.6 is 23.6 Å². The third-order valence-electron chi connectivity index (χ3n) is 4.68. The van der Waals surface area contributed by atoms with Gasteiger partial charge in [-0.1, -0.05) is 67.6 Å². The van der Waals surface area contributed by atoms with Crippen LogP contribution in [0.4, 0.5) is 5.00 Å². The van der Waals surface area contributed by atoms with Crippen LogP contribution in [0.1, 0.15) is 40.2 Å². The van der Waals surface area contributed by atoms with Crippen LogP contribution in [0.25, 0.3) is 11.1 Å². The Labute approximate surface area is 180 Å². The van der Waals surface area contributed by atoms with E-state index in [9.17, 15) is 4.79 Å². The number of thiophene rings is 1. The first kappa shape index (κ1) is 21.0. The molecule has 0 aliphatic heterocycles. The van der Waals surface area contributed by atoms with Crippen LogP contribution in [0, 0.1) is 6.92 Å². The zero-order valence-corrected chi connectivity index (χ0v) is 18.3. The summed E-state index contributed by atoms with van der Waals surface area (Å²) in [4.78, 5) is 13.6. The van der Waals surface area contributed by atoms with Gasteiger partial charge in [0.25, 0.3) is 0 Å². The van der Waals surface area contributed by atoms with Crippen molar-refractivity contribution in [3.8, 4) is 11.1 Å². The molecular weight excluding hydrogens is 400 g/mol. The van der Waals surface area contributed by atoms with Gasteiger partial charge in [-0.05, 0) is 36.7 Å². The first-order valence-corrected chi connectivity index (χ1v) is 10.7. The Hall–Kier alpha value is -2.70. The van der Waals surface area contributed by atoms with Gasteiger partial charge in [-0.2, -0.15) is 0 Å². The first-order valence-electron chi connectivity index (χ1n) is 9.44. The summed E-state index contributed by atoms with van der Waals surface area (Å²) in [5, 5.41) is 7.76. The number of ether oxygens (including phenoxy) is 1. The van der Waals surface area contributed by atoms with Crippen LogP contribution in [0.2, 0.25) is 0 Å². The molecule has 2 aromatic carbocycles. The molecule has 0 saturated heterocycles. The molecule has 0 aliphatic rings. The highest BCUT2D eigenvalue weighted by molar-refractivity contribution is 7.80. The SMILES string of the molecule is CCC(NC(=S)Nc1sc(C)c(-c2ccccc2)c1C(=O)OC)c1ccccc1. The number of rotatable bonds is 6. The predicted octanol–water partition coefficient (Wildman–Crippen LogP) is 5.95. The number of hydrogen-bond donors (Lipinski definition) is 2. The van der Waals surface area contributed by atoms with Crippen molar-refractivity contribution in [2.75, 3.05) is 12.4 Å². The Morgan fingerprint density at radius 3 is 2.31 bits per heavy atom. The van der Waals surface area contributed by atoms with Gasteiger partial charge in [0.15, 0.2) is 5.11 Å². The molecule has 1 atom stereocenters. The fourth-order valence-electron chi connectivity index (χ4n) is 3.29. The van der Waals surface area contributed by atoms with E-state index >= 15 is 0 Å². The van der Waals surface area contributed by atoms with Crippen molar-refractivity contribution in [1.82, 2.24) is 5.32 Å². The number of anilines is 1. The van der Waals surface area contributed by atoms with Crippen molar-refractivity contribution in [2.45, 2.75) is 26.3 Å². The quantitative estimate of drug-likeness (QED) is 0.378. The molecule has 6 heteroatoms. The van der Waals surface area contributed by atoms with Crippen molar-refractivity contribution in [1.29, 1.82) is 0 Å². The zero-order chi connectivity index (χ0) is 20.8. The lowest BCUT2D eigenvalue weighted by atomic mass is 10.0. The molecule has 3 aromatic rings. The summed E-state index contributed by atoms with van der Waals surface area (Å²) in [7, 11) is 1.40. The van der Waals surface area contributed by atoms with E-state index in [-0.39, 0.29) is 12.0 Å². The Morgan fingerprint density at radius 1 is 1.10 bits per heavy atom. The molecule has 29 heavy (non-hydrogen) atoms. The standard InChI is InChI=1S/C23H24N2O2S2/c1-4-18(16-11-7-5-8-12-16)24-23(28)25-21-20(22(26)27-3)19(15(2)29-21)17-13-9-6-10-14-17/h5-14,18H,4H2,1-3H3,(H2,24,25,28). The number of nitrogens with one attached hydrogen (secondary N) is 2. The van der Waals surface area contributed by atoms with Gasteiger partial charge in [0.05, 0.1) is 13.2 Å². The Balaban J connectivity index is 1.89. The van der Waals surface area contributed by atoms with Gasteiger partial charge in [0.1, 0.15) is 10.6 Å². The minimum absolute atomic E-state index is 0.0902. The van der Waals surface area contributed by atoms with Gasteiger partial charge in [0.2, 0.25) is 0 Å². The molecule has 0 bridgehead atoms. The maximum atomic E-state index is 12.6. The molecule has 150 valence electrons. The smallest absolute Gasteiger partial charge is 0.341 e. The molecule has 0 radical (unpaired) electrons. The van der Waals surface area contributed by atoms with Crippen LogP contribution in [0.15, 0.2) is 60.7 Å². The topological polar surface area (TPSA) is 50.4 Å². The summed E-state index contributed by atoms with van der Waals surface area (Å²) in [6.45, 7) is 4.11. The maximum absolute atomic E-state index is 12.6. The Bertz CT molecular complexity index is 985. The first-order chi connectivity index (χ1) is 14.0. The Kier molecular flexibility index (Phi) is 7.01. The molecule has 0 fully saturated rings. The summed E-state index contributed by atoms with van der Waals surface area (Å²) in [5.74, 6) is -0.381. The van der Waals surface area contributed by atoms with E-state index in [1.807, 2.05) is 55.5 Å². The van der Waals surface area contributed by atoms with Crippen molar-refractivity contribution in [2.24, 2.45) is 0 Å². The van der Waals surface area contributed by atoms with Crippen molar-refractivity contribution >= 4 is 39.6 Å². The molecule has 3 rings (SSSR count). The van der Waals surface area contributed by atoms with Crippen LogP contribution in [-0.4, -0.2) is 18.2 Å². The molecule has 0 saturated carbocycles. The second kappa shape index (κ2) is 9.67. The monoisotopic (exact) mass is 424 g/mol. The molecule has 2 N–H and O–H groups in total. The number of carbonyl (C=O) groups is 1. The van der Waals surface area contributed by atoms with E-state index in [4.69, 9.17) is 17.0 Å². The molecule has 0 spiro atoms. The number of methoxy groups -OCH3 is 1. The van der Waals surface area contributed by atoms with Crippen LogP contribution in [0.3, 0.4) is 0 Å². The van der Waals surface area contributed by atoms with Gasteiger partial charge in [-0.25, -0.2) is 4.79 Å². The third-order valence-corrected chi connectivity index (χ3v) is 5.92. The zero-order valence-electron chi connectivity index (χ0n) is 16.7. The summed E-state index contributed by atoms with van der Waals surface area (Å²) in [6, 6.07) is 20.1. The maximum Gasteiger partial charge on any atom is 0.341 e. The minimum atomic E-state index is -0.381. The second-order valence-corrected chi connectivity index (χ2v) is 8.20. The normalized spacial score (nSPS) is 11.6. The lowest BCUT2D eigenvalue weighted by Gasteiger charge is -2.20. The highest BCUT2D eigenvalue weighted by atomic mass is 32.1. The third kappa shape index (κ3) is 4.83. The second-order valence-electron chi connectivity index (χ2n) is 6.56. The van der Waals surface area contributed by atoms with E-state index in [0.717, 1.165) is 22.4 Å². The van der Waals surface area contributed by atoms with Crippen LogP contribution in [-0.2, 0) is 4.74 Å². The van der Waals surface area contributed by atoms with Gasteiger partial charge >= 0.3 is 5.97 Å². The van der Waals surface area contributed by atoms with Crippen molar-refractivity contribution < 1.29 is 9.53 Å². The fraction of sp³-hybridized carbons (Fsp3) is 0.217. The summed E-state index contributed by atoms with van der Waals surface area (Å²) in [5.41, 5.74) is 3.53. The largest absolute Gasteiger partial charge is 0.465 e. The highest BCUT2D eigenvalue weighted by Gasteiger charge is 2.24. The molecule has 0 aliphatic carbocycles. The number of esters is 1. The number of benzene rings is 2. The molecule has 4 nitrogen and oxygen atoms in total. The van der Waals surface area contributed by atoms with Gasteiger partial charge in [0, 0.05) is 10.4 Å². The lowest BCUT2D eigenvalue weighted by Crippen LogP contribution is -2.32. The van der Waals surface area contributed by atoms with Crippen molar-refractivity contribution in [3.05, 3.63) is 76.7 Å². The number of thiocarbonyl (C=S) groups is 1. The molecule has 1 aromatic heterocycles. The van der Waals surface area contributed by atoms with Crippen LogP contribution < -0.4 is 10.6 Å². The summed E-state index contributed by atoms with van der Waals surface area (Å²) in [6.07, 6.45) is 0.883. The lowest BCUT2D eigenvalue weighted by molar-refractivity contribution is 0.0603. The molecule has 1 heterocycles. The number of hydrogen-bond acceptors (Lipinski definition) is 4. The van der Waals surface area contributed by atoms with Gasteiger partial charge in [-0.15, -0.1) is 11.3 Å². The van der Waals surface area contributed by atoms with E-state index in [1.165, 1.54) is 24.0 Å². The molecule has 0 amide bonds. The Morgan fingerprint density at radius 2 is 1.72 bits per heavy atom. The van der Waals surface area contributed by atoms with Crippen molar-refractivity contribution in [3.63, 3.8) is 0 Å². The predicted molar refractivity (Wildman–Crippen MR) is 125 cm³/mol. The van der Waals surface area contributed by atoms with Gasteiger partial charge < -0.3 is 15.4 Å². The van der Waals surface area contributed by atoms with E-state index in [2.05, 4.69) is 29.7 Å². The molecular formula is C23H24N2O2S2. The summed E-state index contributed by atoms with van der Waals surface area (Å²) >= 11 is 7.06. The van der Waals surface area contributed by atoms with Gasteiger partial charge in [-0.3, -0.25) is 0 Å². The fourth-order valence-corrected chi connectivity index (χ4v) is 4.66. The minimum Gasteiger partial charge on any atom is -0.465 e. The average molecular weight is 425 g/mol. The highest BCUT2D eigenvalue weighted by Crippen LogP contribution is 2.40. The summed E-state index contributed by atoms with van der Waals surface area (Å²) < 4.78 is 5.07. The molecule has 1 unspecified atom stereocenters. The van der Waals surface area contributed by atoms with E-state index in [0.29, 0.717) is 15.7 Å². The number of carbonyl (C=O) groups excluding carboxylic acids is 1. The van der Waals surface area contributed by atoms with E-state index in [1.54, 1.807) is 0 Å². The van der Waals surface area contributed by atoms with E-state index < -0.39 is 0 Å². The van der Waals surface area contributed by atoms with Crippen LogP contribution in [0.5, 0.6) is 0 Å². The average Bonchev–Trinajstić information content (AvgIpc) is 3.08.